The zero-order chi connectivity index (χ0) is 89.8. The summed E-state index contributed by atoms with van der Waals surface area (Å²) < 4.78 is 83.8. The number of primary amides is 1. The Kier molecular flexibility index (Phi) is 34.4. The number of urea groups is 1. The van der Waals surface area contributed by atoms with Gasteiger partial charge in [-0.3, -0.25) is 43.2 Å². The molecule has 1 aromatic heterocycles. The molecule has 125 heavy (non-hydrogen) atoms. The second-order valence-corrected chi connectivity index (χ2v) is 34.1. The molecule has 4 heterocycles. The number of anilines is 1. The van der Waals surface area contributed by atoms with Crippen molar-refractivity contribution in [3.05, 3.63) is 100 Å². The summed E-state index contributed by atoms with van der Waals surface area (Å²) in [5.74, 6) is -1.54. The largest absolute Gasteiger partial charge is 0.394 e. The zero-order valence-electron chi connectivity index (χ0n) is 71.6. The lowest BCUT2D eigenvalue weighted by Crippen LogP contribution is -2.71. The first kappa shape index (κ1) is 96.5. The highest BCUT2D eigenvalue weighted by Gasteiger charge is 2.80. The maximum atomic E-state index is 18.3. The number of aliphatic hydroxyl groups is 5. The number of aliphatic hydroxyl groups excluding tert-OH is 5. The van der Waals surface area contributed by atoms with Crippen LogP contribution in [0.1, 0.15) is 184 Å². The fourth-order valence-electron chi connectivity index (χ4n) is 18.9. The highest BCUT2D eigenvalue weighted by atomic mass is 19.1. The molecule has 2 saturated heterocycles. The Morgan fingerprint density at radius 3 is 2.12 bits per heavy atom. The Hall–Kier alpha value is -9.14. The number of nitrogens with two attached hydrogens (primary N) is 1. The van der Waals surface area contributed by atoms with Crippen molar-refractivity contribution < 1.29 is 120 Å². The number of nitrogens with zero attached hydrogens (tertiary/aromatic N) is 4. The van der Waals surface area contributed by atoms with E-state index in [2.05, 4.69) is 59.4 Å². The van der Waals surface area contributed by atoms with Crippen molar-refractivity contribution in [3.8, 4) is 11.8 Å². The quantitative estimate of drug-likeness (QED) is 0.0286. The zero-order valence-corrected chi connectivity index (χ0v) is 71.6. The van der Waals surface area contributed by atoms with Crippen molar-refractivity contribution in [1.82, 2.24) is 52.2 Å². The van der Waals surface area contributed by atoms with Crippen LogP contribution in [0.25, 0.3) is 0 Å². The van der Waals surface area contributed by atoms with E-state index < -0.39 is 193 Å². The van der Waals surface area contributed by atoms with Gasteiger partial charge < -0.3 is 111 Å². The highest BCUT2D eigenvalue weighted by Crippen LogP contribution is 2.72. The van der Waals surface area contributed by atoms with Crippen LogP contribution in [0.15, 0.2) is 72.3 Å². The summed E-state index contributed by atoms with van der Waals surface area (Å²) >= 11 is 0. The lowest BCUT2D eigenvalue weighted by atomic mass is 9.44. The van der Waals surface area contributed by atoms with E-state index >= 15 is 13.6 Å². The third kappa shape index (κ3) is 22.7. The Morgan fingerprint density at radius 1 is 0.712 bits per heavy atom. The van der Waals surface area contributed by atoms with Crippen LogP contribution >= 0.6 is 0 Å². The van der Waals surface area contributed by atoms with Crippen molar-refractivity contribution in [2.45, 2.75) is 248 Å². The van der Waals surface area contributed by atoms with Gasteiger partial charge in [0.2, 0.25) is 41.4 Å². The molecule has 35 nitrogen and oxygen atoms in total. The smallest absolute Gasteiger partial charge is 0.312 e. The predicted molar refractivity (Wildman–Crippen MR) is 444 cm³/mol. The van der Waals surface area contributed by atoms with Gasteiger partial charge in [-0.15, -0.1) is 5.10 Å². The highest BCUT2D eigenvalue weighted by molar-refractivity contribution is 6.02. The van der Waals surface area contributed by atoms with Gasteiger partial charge in [0.25, 0.3) is 0 Å². The maximum absolute atomic E-state index is 18.3. The molecule has 11 rings (SSSR count). The topological polar surface area (TPSA) is 490 Å². The van der Waals surface area contributed by atoms with Crippen molar-refractivity contribution >= 4 is 64.6 Å². The van der Waals surface area contributed by atoms with Gasteiger partial charge in [0.05, 0.1) is 96.1 Å². The van der Waals surface area contributed by atoms with Crippen LogP contribution in [0, 0.1) is 40.4 Å². The van der Waals surface area contributed by atoms with E-state index in [1.807, 2.05) is 55.5 Å². The molecule has 5 fully saturated rings. The molecule has 19 atom stereocenters. The molecule has 0 spiro atoms. The molecule has 3 saturated carbocycles. The van der Waals surface area contributed by atoms with Gasteiger partial charge in [-0.05, 0) is 137 Å². The number of allylic oxidation sites excluding steroid dienone is 4. The lowest BCUT2D eigenvalue weighted by Gasteiger charge is -2.63. The Morgan fingerprint density at radius 2 is 1.39 bits per heavy atom. The number of benzene rings is 2. The van der Waals surface area contributed by atoms with E-state index in [-0.39, 0.29) is 154 Å². The van der Waals surface area contributed by atoms with Gasteiger partial charge in [0.1, 0.15) is 67.1 Å². The predicted octanol–water partition coefficient (Wildman–Crippen LogP) is 2.46. The van der Waals surface area contributed by atoms with Crippen LogP contribution in [0.5, 0.6) is 0 Å². The summed E-state index contributed by atoms with van der Waals surface area (Å²) in [6.45, 7) is 8.46. The summed E-state index contributed by atoms with van der Waals surface area (Å²) in [5.41, 5.74) is 1.91. The van der Waals surface area contributed by atoms with Crippen LogP contribution in [0.4, 0.5) is 19.3 Å². The molecule has 2 aromatic carbocycles. The number of rotatable bonds is 44. The molecular formula is C88H122F2N12O23. The number of carbonyl (C=O) groups excluding carboxylic acids is 10. The molecule has 0 bridgehead atoms. The summed E-state index contributed by atoms with van der Waals surface area (Å²) in [5, 5.41) is 81.5. The molecule has 3 aliphatic heterocycles. The number of aromatic nitrogens is 3. The SMILES string of the molecule is CCCC1O[C@@H]2C[C@H]3[C@@H]4C[C@H](F)C5=CC(=O)C=C[C@]5(C)[C@@]4(F)[C@@H](O)C[C@]3(C)[C@]2(C(=O)CNC(=O)[C@H](CCCNC(N)=O)NC(=O)[C@@H](NC(=O)[C@@H](CCCCNC(=O)COC2CCCCCc3c2nnn3C2O[C@H](CO)[C@H](O)[C@H](O)[C@H]2O)NC(=O)CCOCCOCCOCCOCCNC(=O)CCC(=O)N2Cc3ccccc3C#Cc3ccccc32)C(C)C)O1. The van der Waals surface area contributed by atoms with E-state index in [0.29, 0.717) is 55.7 Å². The first-order valence-corrected chi connectivity index (χ1v) is 43.7. The fourth-order valence-corrected chi connectivity index (χ4v) is 18.9. The van der Waals surface area contributed by atoms with E-state index in [1.54, 1.807) is 25.7 Å². The van der Waals surface area contributed by atoms with E-state index in [9.17, 15) is 68.7 Å². The van der Waals surface area contributed by atoms with Crippen molar-refractivity contribution in [2.75, 3.05) is 97.1 Å². The summed E-state index contributed by atoms with van der Waals surface area (Å²) in [7, 11) is 0. The molecule has 5 aliphatic carbocycles. The van der Waals surface area contributed by atoms with Crippen molar-refractivity contribution in [2.24, 2.45) is 34.3 Å². The first-order valence-electron chi connectivity index (χ1n) is 43.7. The molecule has 37 heteroatoms. The third-order valence-corrected chi connectivity index (χ3v) is 25.5. The van der Waals surface area contributed by atoms with Crippen molar-refractivity contribution in [1.29, 1.82) is 0 Å². The van der Waals surface area contributed by atoms with Crippen molar-refractivity contribution in [3.63, 3.8) is 0 Å². The molecular weight excluding hydrogens is 1630 g/mol. The molecule has 686 valence electrons. The number of carbonyl (C=O) groups is 10. The van der Waals surface area contributed by atoms with Gasteiger partial charge in [-0.1, -0.05) is 100 Å². The Bertz CT molecular complexity index is 4410. The number of hydrogen-bond donors (Lipinski definition) is 13. The van der Waals surface area contributed by atoms with Gasteiger partial charge in [-0.2, -0.15) is 0 Å². The number of amides is 9. The number of alkyl halides is 2. The van der Waals surface area contributed by atoms with Gasteiger partial charge in [0.15, 0.2) is 35.4 Å². The number of unbranched alkanes of at least 4 members (excludes halogenated alkanes) is 1. The molecule has 0 radical (unpaired) electrons. The third-order valence-electron chi connectivity index (χ3n) is 25.5. The lowest BCUT2D eigenvalue weighted by molar-refractivity contribution is -0.254. The maximum Gasteiger partial charge on any atom is 0.312 e. The van der Waals surface area contributed by atoms with Crippen LogP contribution in [-0.4, -0.2) is 270 Å². The normalized spacial score (nSPS) is 28.3. The Labute approximate surface area is 725 Å². The fraction of sp³-hybridized carbons (Fsp3) is 0.659. The minimum Gasteiger partial charge on any atom is -0.394 e. The van der Waals surface area contributed by atoms with Gasteiger partial charge in [-0.25, -0.2) is 18.3 Å². The van der Waals surface area contributed by atoms with E-state index in [4.69, 9.17) is 43.6 Å². The second kappa shape index (κ2) is 44.5. The number of fused-ring (bicyclic) bond motifs is 10. The first-order chi connectivity index (χ1) is 60.0. The minimum absolute atomic E-state index is 0.000562. The van der Waals surface area contributed by atoms with Gasteiger partial charge >= 0.3 is 6.03 Å². The molecule has 3 aromatic rings. The van der Waals surface area contributed by atoms with E-state index in [0.717, 1.165) is 35.6 Å². The summed E-state index contributed by atoms with van der Waals surface area (Å²) in [4.78, 5) is 139. The Balaban J connectivity index is 0.662. The number of hydrogen-bond acceptors (Lipinski definition) is 25. The van der Waals surface area contributed by atoms with Crippen LogP contribution in [0.3, 0.4) is 0 Å². The van der Waals surface area contributed by atoms with Gasteiger partial charge in [0, 0.05) is 66.8 Å². The number of halogens is 2. The van der Waals surface area contributed by atoms with Crippen LogP contribution in [0.2, 0.25) is 0 Å². The average molecular weight is 1750 g/mol. The minimum atomic E-state index is -2.48. The van der Waals surface area contributed by atoms with Crippen LogP contribution in [-0.2, 0) is 94.0 Å². The molecule has 9 amide bonds. The summed E-state index contributed by atoms with van der Waals surface area (Å²) in [6, 6.07) is 10.1. The number of para-hydroxylation sites is 1. The molecule has 14 N–H and O–H groups in total. The number of nitrogens with one attached hydrogen (secondary N) is 7. The number of Topliss-reactive ketones (excluding diaryl/α,β-unsaturated/α-hetero) is 1. The monoisotopic (exact) mass is 1750 g/mol. The molecule has 3 unspecified atom stereocenters. The second-order valence-electron chi connectivity index (χ2n) is 34.1. The number of ether oxygens (including phenoxy) is 8. The van der Waals surface area contributed by atoms with E-state index in [1.165, 1.54) is 23.8 Å². The summed E-state index contributed by atoms with van der Waals surface area (Å²) in [6.07, 6.45) is -6.43. The average Bonchev–Trinajstić information content (AvgIpc) is 1.53. The number of ketones is 2. The standard InChI is InChI=1S/C88H122F2N12O23/c1-6-17-74-124-69-46-57-58-45-60(89)59-44-56(104)30-32-85(59,4)87(58,90)67(105)47-86(57,5)88(69,125-74)68(106)48-95-80(114)61(22-16-34-94-84(91)117)97-82(116)75(52(2)3)98-81(115)62(21-14-15-33-92-72(109)51-122-65-25-9-7-8-24-64-76(65)99-100-102(64)83-79(113)78(112)77(111)66(50-103)123-83)96-71(108)31-36-118-38-40-120-42-43-121-41-39-119-37-35-93-70(107)28-29-73(110)101-49-55-20-11-10-18-53(55)26-27-54-19-12-13-23-63(54)101/h10-13,18-20,23,30,32,44,52,57-58,60-62,65-67,69,74-75,77-79,83,103,105,111-113H,6-9,14-17,21-22,24-25,28-29,31,33-43,45-51H2,1-5H3,(H,92,109)(H,93,107)(H,95,114)(H,96,108)(H,97,116)(H,98,115)(H3,91,94,117)/t57-,58-,60-,61-,62+,65?,66+,67-,69+,74?,75-,77-,78-,79+,83?,85-,86-,87-,88+/m0/s1. The van der Waals surface area contributed by atoms with Crippen LogP contribution < -0.4 is 47.9 Å². The molecule has 8 aliphatic rings.